The summed E-state index contributed by atoms with van der Waals surface area (Å²) in [5.74, 6) is -0.638. The molecule has 1 aromatic heterocycles. The summed E-state index contributed by atoms with van der Waals surface area (Å²) in [6.07, 6.45) is 4.32. The Morgan fingerprint density at radius 3 is 2.50 bits per heavy atom. The number of fused-ring (bicyclic) bond motifs is 1. The van der Waals surface area contributed by atoms with Crippen LogP contribution >= 0.6 is 0 Å². The number of nitrogens with zero attached hydrogens (tertiary/aromatic N) is 3. The monoisotopic (exact) mass is 377 g/mol. The molecule has 0 saturated heterocycles. The average Bonchev–Trinajstić information content (AvgIpc) is 3.33. The van der Waals surface area contributed by atoms with Gasteiger partial charge in [-0.05, 0) is 18.4 Å². The average molecular weight is 377 g/mol. The van der Waals surface area contributed by atoms with Gasteiger partial charge in [0.15, 0.2) is 0 Å². The van der Waals surface area contributed by atoms with Crippen molar-refractivity contribution in [1.82, 2.24) is 14.8 Å². The Balaban J connectivity index is 1.71. The zero-order chi connectivity index (χ0) is 19.7. The molecule has 0 atom stereocenters. The number of nitriles is 1. The van der Waals surface area contributed by atoms with Gasteiger partial charge in [-0.2, -0.15) is 5.26 Å². The van der Waals surface area contributed by atoms with E-state index in [2.05, 4.69) is 11.4 Å². The lowest BCUT2D eigenvalue weighted by Crippen LogP contribution is -2.47. The Morgan fingerprint density at radius 2 is 1.86 bits per heavy atom. The van der Waals surface area contributed by atoms with Gasteiger partial charge in [0.05, 0.1) is 29.1 Å². The summed E-state index contributed by atoms with van der Waals surface area (Å²) in [6, 6.07) is 11.8. The van der Waals surface area contributed by atoms with E-state index in [0.29, 0.717) is 24.5 Å². The van der Waals surface area contributed by atoms with Crippen LogP contribution in [0.25, 0.3) is 11.3 Å². The summed E-state index contributed by atoms with van der Waals surface area (Å²) < 4.78 is 1.97. The van der Waals surface area contributed by atoms with Gasteiger partial charge in [-0.3, -0.25) is 4.79 Å². The summed E-state index contributed by atoms with van der Waals surface area (Å²) in [6.45, 7) is 1.29. The number of nitrogens with one attached hydrogen (secondary N) is 1. The molecular formula is C21H23N5O2. The smallest absolute Gasteiger partial charge is 0.318 e. The van der Waals surface area contributed by atoms with E-state index in [1.807, 2.05) is 34.9 Å². The summed E-state index contributed by atoms with van der Waals surface area (Å²) in [5.41, 5.74) is 8.33. The fourth-order valence-corrected chi connectivity index (χ4v) is 4.34. The van der Waals surface area contributed by atoms with Crippen molar-refractivity contribution in [3.8, 4) is 17.3 Å². The van der Waals surface area contributed by atoms with E-state index in [1.165, 1.54) is 0 Å². The van der Waals surface area contributed by atoms with Gasteiger partial charge in [0.25, 0.3) is 5.91 Å². The number of urea groups is 1. The molecule has 1 aliphatic heterocycles. The first kappa shape index (κ1) is 18.1. The first-order valence-electron chi connectivity index (χ1n) is 9.66. The SMILES string of the molecule is N#Cc1c(C(N)=O)c2n(c1-c1ccccc1)CCN(C(=O)NC1CCCC1)C2. The fourth-order valence-electron chi connectivity index (χ4n) is 4.34. The maximum atomic E-state index is 12.7. The van der Waals surface area contributed by atoms with E-state index in [-0.39, 0.29) is 29.7 Å². The molecule has 1 saturated carbocycles. The van der Waals surface area contributed by atoms with Gasteiger partial charge in [0.1, 0.15) is 6.07 Å². The first-order valence-corrected chi connectivity index (χ1v) is 9.66. The molecule has 0 radical (unpaired) electrons. The third kappa shape index (κ3) is 3.11. The molecule has 2 aromatic rings. The lowest BCUT2D eigenvalue weighted by molar-refractivity contribution is 0.0996. The van der Waals surface area contributed by atoms with Crippen LogP contribution in [0, 0.1) is 11.3 Å². The number of primary amides is 1. The second kappa shape index (κ2) is 7.39. The highest BCUT2D eigenvalue weighted by Gasteiger charge is 2.32. The van der Waals surface area contributed by atoms with Gasteiger partial charge in [-0.1, -0.05) is 43.2 Å². The molecule has 2 aliphatic rings. The highest BCUT2D eigenvalue weighted by molar-refractivity contribution is 5.99. The van der Waals surface area contributed by atoms with Crippen LogP contribution in [-0.4, -0.2) is 34.0 Å². The number of amides is 3. The van der Waals surface area contributed by atoms with Crippen molar-refractivity contribution in [2.45, 2.75) is 44.8 Å². The quantitative estimate of drug-likeness (QED) is 0.859. The van der Waals surface area contributed by atoms with Crippen LogP contribution in [-0.2, 0) is 13.1 Å². The predicted octanol–water partition coefficient (Wildman–Crippen LogP) is 2.59. The third-order valence-corrected chi connectivity index (χ3v) is 5.68. The molecule has 0 unspecified atom stereocenters. The molecule has 1 aromatic carbocycles. The summed E-state index contributed by atoms with van der Waals surface area (Å²) in [5, 5.41) is 12.9. The number of nitrogens with two attached hydrogens (primary N) is 1. The standard InChI is InChI=1S/C21H23N5O2/c22-12-16-18(20(23)27)17-13-25(21(28)24-15-8-4-5-9-15)10-11-26(17)19(16)14-6-2-1-3-7-14/h1-3,6-7,15H,4-5,8-11,13H2,(H2,23,27)(H,24,28). The van der Waals surface area contributed by atoms with Gasteiger partial charge in [-0.25, -0.2) is 4.79 Å². The molecule has 1 fully saturated rings. The van der Waals surface area contributed by atoms with Gasteiger partial charge in [0, 0.05) is 19.1 Å². The Kier molecular flexibility index (Phi) is 4.78. The van der Waals surface area contributed by atoms with Crippen molar-refractivity contribution in [3.63, 3.8) is 0 Å². The Bertz CT molecular complexity index is 951. The highest BCUT2D eigenvalue weighted by Crippen LogP contribution is 2.34. The lowest BCUT2D eigenvalue weighted by atomic mass is 10.0. The van der Waals surface area contributed by atoms with E-state index >= 15 is 0 Å². The van der Waals surface area contributed by atoms with E-state index in [9.17, 15) is 14.9 Å². The number of rotatable bonds is 3. The maximum Gasteiger partial charge on any atom is 0.318 e. The minimum absolute atomic E-state index is 0.116. The van der Waals surface area contributed by atoms with Crippen molar-refractivity contribution < 1.29 is 9.59 Å². The van der Waals surface area contributed by atoms with E-state index in [4.69, 9.17) is 5.73 Å². The Labute approximate surface area is 163 Å². The summed E-state index contributed by atoms with van der Waals surface area (Å²) in [7, 11) is 0. The van der Waals surface area contributed by atoms with Crippen molar-refractivity contribution in [3.05, 3.63) is 47.2 Å². The van der Waals surface area contributed by atoms with Crippen molar-refractivity contribution in [2.75, 3.05) is 6.54 Å². The molecule has 7 nitrogen and oxygen atoms in total. The molecule has 7 heteroatoms. The molecule has 3 N–H and O–H groups in total. The fraction of sp³-hybridized carbons (Fsp3) is 0.381. The molecule has 4 rings (SSSR count). The van der Waals surface area contributed by atoms with Crippen LogP contribution < -0.4 is 11.1 Å². The molecule has 3 amide bonds. The van der Waals surface area contributed by atoms with Gasteiger partial charge < -0.3 is 20.5 Å². The minimum Gasteiger partial charge on any atom is -0.366 e. The van der Waals surface area contributed by atoms with Gasteiger partial charge in [-0.15, -0.1) is 0 Å². The largest absolute Gasteiger partial charge is 0.366 e. The molecule has 0 bridgehead atoms. The zero-order valence-corrected chi connectivity index (χ0v) is 15.6. The number of carbonyl (C=O) groups is 2. The third-order valence-electron chi connectivity index (χ3n) is 5.68. The maximum absolute atomic E-state index is 12.7. The van der Waals surface area contributed by atoms with Crippen LogP contribution in [0.3, 0.4) is 0 Å². The number of hydrogen-bond acceptors (Lipinski definition) is 3. The van der Waals surface area contributed by atoms with Gasteiger partial charge in [0.2, 0.25) is 0 Å². The van der Waals surface area contributed by atoms with Crippen LogP contribution in [0.2, 0.25) is 0 Å². The summed E-state index contributed by atoms with van der Waals surface area (Å²) in [4.78, 5) is 26.6. The topological polar surface area (TPSA) is 104 Å². The van der Waals surface area contributed by atoms with Crippen LogP contribution in [0.5, 0.6) is 0 Å². The van der Waals surface area contributed by atoms with Crippen molar-refractivity contribution in [1.29, 1.82) is 5.26 Å². The normalized spacial score (nSPS) is 16.5. The second-order valence-corrected chi connectivity index (χ2v) is 7.39. The van der Waals surface area contributed by atoms with Crippen molar-refractivity contribution in [2.24, 2.45) is 5.73 Å². The molecular weight excluding hydrogens is 354 g/mol. The van der Waals surface area contributed by atoms with E-state index in [1.54, 1.807) is 4.90 Å². The number of hydrogen-bond donors (Lipinski definition) is 2. The van der Waals surface area contributed by atoms with Crippen LogP contribution in [0.15, 0.2) is 30.3 Å². The number of benzene rings is 1. The zero-order valence-electron chi connectivity index (χ0n) is 15.6. The van der Waals surface area contributed by atoms with Crippen LogP contribution in [0.4, 0.5) is 4.79 Å². The second-order valence-electron chi connectivity index (χ2n) is 7.39. The Morgan fingerprint density at radius 1 is 1.14 bits per heavy atom. The molecule has 1 aliphatic carbocycles. The number of carbonyl (C=O) groups excluding carboxylic acids is 2. The molecule has 144 valence electrons. The van der Waals surface area contributed by atoms with E-state index in [0.717, 1.165) is 31.2 Å². The molecule has 28 heavy (non-hydrogen) atoms. The Hall–Kier alpha value is -3.27. The van der Waals surface area contributed by atoms with Crippen LogP contribution in [0.1, 0.15) is 47.3 Å². The molecule has 2 heterocycles. The molecule has 0 spiro atoms. The predicted molar refractivity (Wildman–Crippen MR) is 104 cm³/mol. The minimum atomic E-state index is -0.638. The number of aromatic nitrogens is 1. The highest BCUT2D eigenvalue weighted by atomic mass is 16.2. The summed E-state index contributed by atoms with van der Waals surface area (Å²) >= 11 is 0. The van der Waals surface area contributed by atoms with E-state index < -0.39 is 5.91 Å². The first-order chi connectivity index (χ1) is 13.6. The van der Waals surface area contributed by atoms with Crippen molar-refractivity contribution >= 4 is 11.9 Å². The lowest BCUT2D eigenvalue weighted by Gasteiger charge is -2.31. The van der Waals surface area contributed by atoms with Gasteiger partial charge >= 0.3 is 6.03 Å².